The molecule has 0 atom stereocenters. The molecule has 4 heteroatoms. The number of para-hydroxylation sites is 1. The lowest BCUT2D eigenvalue weighted by Crippen LogP contribution is -2.04. The minimum atomic E-state index is -0.764. The smallest absolute Gasteiger partial charge is 0.150 e. The molecule has 0 aliphatic rings. The number of rotatable bonds is 4. The monoisotopic (exact) mass is 286 g/mol. The van der Waals surface area contributed by atoms with Gasteiger partial charge in [0.2, 0.25) is 0 Å². The Labute approximate surface area is 123 Å². The van der Waals surface area contributed by atoms with Gasteiger partial charge in [-0.05, 0) is 36.1 Å². The number of anilines is 2. The minimum absolute atomic E-state index is 0.0324. The molecule has 0 aromatic heterocycles. The normalized spacial score (nSPS) is 10.2. The van der Waals surface area contributed by atoms with Gasteiger partial charge < -0.3 is 5.32 Å². The lowest BCUT2D eigenvalue weighted by atomic mass is 10.0. The second kappa shape index (κ2) is 6.36. The summed E-state index contributed by atoms with van der Waals surface area (Å²) in [6.45, 7) is 3.98. The van der Waals surface area contributed by atoms with E-state index in [0.29, 0.717) is 0 Å². The van der Waals surface area contributed by atoms with Crippen molar-refractivity contribution in [3.05, 3.63) is 58.7 Å². The highest BCUT2D eigenvalue weighted by atomic mass is 19.1. The van der Waals surface area contributed by atoms with Crippen molar-refractivity contribution in [3.63, 3.8) is 0 Å². The molecule has 0 saturated heterocycles. The Balaban J connectivity index is 2.51. The number of hydrogen-bond acceptors (Lipinski definition) is 2. The molecule has 108 valence electrons. The lowest BCUT2D eigenvalue weighted by molar-refractivity contribution is 0.590. The number of halogens is 2. The van der Waals surface area contributed by atoms with Crippen molar-refractivity contribution in [2.75, 3.05) is 5.32 Å². The molecule has 1 N–H and O–H groups in total. The molecule has 0 bridgehead atoms. The average Bonchev–Trinajstić information content (AvgIpc) is 2.50. The Morgan fingerprint density at radius 3 is 1.95 bits per heavy atom. The molecular formula is C17H16F2N2. The van der Waals surface area contributed by atoms with E-state index in [9.17, 15) is 8.78 Å². The van der Waals surface area contributed by atoms with Crippen molar-refractivity contribution in [1.29, 1.82) is 5.26 Å². The largest absolute Gasteiger partial charge is 0.350 e. The molecule has 2 nitrogen and oxygen atoms in total. The van der Waals surface area contributed by atoms with Gasteiger partial charge in [0.15, 0.2) is 11.6 Å². The third-order valence-electron chi connectivity index (χ3n) is 3.42. The molecule has 21 heavy (non-hydrogen) atoms. The van der Waals surface area contributed by atoms with Gasteiger partial charge in [0.1, 0.15) is 5.69 Å². The highest BCUT2D eigenvalue weighted by molar-refractivity contribution is 5.68. The van der Waals surface area contributed by atoms with Crippen LogP contribution in [0.25, 0.3) is 0 Å². The zero-order chi connectivity index (χ0) is 15.4. The van der Waals surface area contributed by atoms with Crippen molar-refractivity contribution in [2.24, 2.45) is 0 Å². The SMILES string of the molecule is CCc1cccc(CC)c1Nc1c(F)cc(C#N)cc1F. The Kier molecular flexibility index (Phi) is 4.54. The van der Waals surface area contributed by atoms with E-state index in [-0.39, 0.29) is 11.3 Å². The molecule has 0 amide bonds. The van der Waals surface area contributed by atoms with Crippen LogP contribution in [-0.4, -0.2) is 0 Å². The van der Waals surface area contributed by atoms with E-state index in [4.69, 9.17) is 5.26 Å². The van der Waals surface area contributed by atoms with Crippen LogP contribution in [-0.2, 0) is 12.8 Å². The van der Waals surface area contributed by atoms with Gasteiger partial charge in [-0.1, -0.05) is 32.0 Å². The van der Waals surface area contributed by atoms with Crippen LogP contribution in [0.1, 0.15) is 30.5 Å². The molecule has 0 heterocycles. The maximum absolute atomic E-state index is 14.0. The molecule has 0 saturated carbocycles. The van der Waals surface area contributed by atoms with E-state index in [0.717, 1.165) is 41.8 Å². The van der Waals surface area contributed by atoms with Gasteiger partial charge in [-0.15, -0.1) is 0 Å². The fourth-order valence-corrected chi connectivity index (χ4v) is 2.29. The first-order valence-electron chi connectivity index (χ1n) is 6.87. The molecule has 2 aromatic carbocycles. The first-order chi connectivity index (χ1) is 10.1. The second-order valence-corrected chi connectivity index (χ2v) is 4.71. The Morgan fingerprint density at radius 1 is 1.00 bits per heavy atom. The zero-order valence-electron chi connectivity index (χ0n) is 12.0. The third kappa shape index (κ3) is 3.03. The Morgan fingerprint density at radius 2 is 1.52 bits per heavy atom. The van der Waals surface area contributed by atoms with Crippen LogP contribution in [0.3, 0.4) is 0 Å². The number of nitrogens with zero attached hydrogens (tertiary/aromatic N) is 1. The van der Waals surface area contributed by atoms with Gasteiger partial charge in [0, 0.05) is 5.69 Å². The fourth-order valence-electron chi connectivity index (χ4n) is 2.29. The summed E-state index contributed by atoms with van der Waals surface area (Å²) in [5.74, 6) is -1.53. The standard InChI is InChI=1S/C17H16F2N2/c1-3-12-6-5-7-13(4-2)16(12)21-17-14(18)8-11(10-20)9-15(17)19/h5-9,21H,3-4H2,1-2H3. The van der Waals surface area contributed by atoms with Crippen LogP contribution in [0.2, 0.25) is 0 Å². The predicted molar refractivity (Wildman–Crippen MR) is 79.6 cm³/mol. The predicted octanol–water partition coefficient (Wildman–Crippen LogP) is 4.70. The summed E-state index contributed by atoms with van der Waals surface area (Å²) in [5.41, 5.74) is 2.49. The van der Waals surface area contributed by atoms with Crippen LogP contribution in [0.15, 0.2) is 30.3 Å². The van der Waals surface area contributed by atoms with E-state index >= 15 is 0 Å². The average molecular weight is 286 g/mol. The molecule has 0 fully saturated rings. The van der Waals surface area contributed by atoms with Gasteiger partial charge in [0.25, 0.3) is 0 Å². The van der Waals surface area contributed by atoms with Crippen LogP contribution in [0, 0.1) is 23.0 Å². The topological polar surface area (TPSA) is 35.8 Å². The molecule has 0 spiro atoms. The summed E-state index contributed by atoms with van der Waals surface area (Å²) >= 11 is 0. The molecule has 2 aromatic rings. The van der Waals surface area contributed by atoms with Gasteiger partial charge in [0.05, 0.1) is 11.6 Å². The summed E-state index contributed by atoms with van der Waals surface area (Å²) in [4.78, 5) is 0. The Hall–Kier alpha value is -2.41. The first-order valence-corrected chi connectivity index (χ1v) is 6.87. The Bertz CT molecular complexity index is 657. The van der Waals surface area contributed by atoms with Crippen molar-refractivity contribution in [3.8, 4) is 6.07 Å². The van der Waals surface area contributed by atoms with Crippen molar-refractivity contribution in [2.45, 2.75) is 26.7 Å². The van der Waals surface area contributed by atoms with Gasteiger partial charge in [-0.2, -0.15) is 5.26 Å². The maximum Gasteiger partial charge on any atom is 0.150 e. The molecule has 0 radical (unpaired) electrons. The summed E-state index contributed by atoms with van der Waals surface area (Å²) in [6, 6.07) is 9.61. The summed E-state index contributed by atoms with van der Waals surface area (Å²) in [6.07, 6.45) is 1.52. The molecule has 2 rings (SSSR count). The fraction of sp³-hybridized carbons (Fsp3) is 0.235. The van der Waals surface area contributed by atoms with Gasteiger partial charge >= 0.3 is 0 Å². The molecule has 0 unspecified atom stereocenters. The summed E-state index contributed by atoms with van der Waals surface area (Å²) in [5, 5.41) is 11.6. The number of nitriles is 1. The maximum atomic E-state index is 14.0. The highest BCUT2D eigenvalue weighted by Gasteiger charge is 2.14. The van der Waals surface area contributed by atoms with Crippen LogP contribution < -0.4 is 5.32 Å². The molecule has 0 aliphatic carbocycles. The second-order valence-electron chi connectivity index (χ2n) is 4.71. The zero-order valence-corrected chi connectivity index (χ0v) is 12.0. The lowest BCUT2D eigenvalue weighted by Gasteiger charge is -2.16. The number of aryl methyl sites for hydroxylation is 2. The van der Waals surface area contributed by atoms with Crippen molar-refractivity contribution < 1.29 is 8.78 Å². The van der Waals surface area contributed by atoms with E-state index in [1.54, 1.807) is 6.07 Å². The minimum Gasteiger partial charge on any atom is -0.350 e. The van der Waals surface area contributed by atoms with E-state index < -0.39 is 11.6 Å². The van der Waals surface area contributed by atoms with Gasteiger partial charge in [-0.25, -0.2) is 8.78 Å². The highest BCUT2D eigenvalue weighted by Crippen LogP contribution is 2.30. The first kappa shape index (κ1) is 15.0. The number of benzene rings is 2. The van der Waals surface area contributed by atoms with Crippen molar-refractivity contribution in [1.82, 2.24) is 0 Å². The van der Waals surface area contributed by atoms with Crippen molar-refractivity contribution >= 4 is 11.4 Å². The van der Waals surface area contributed by atoms with Crippen LogP contribution in [0.4, 0.5) is 20.2 Å². The summed E-state index contributed by atoms with van der Waals surface area (Å²) < 4.78 is 28.0. The quantitative estimate of drug-likeness (QED) is 0.884. The van der Waals surface area contributed by atoms with E-state index in [1.807, 2.05) is 32.0 Å². The molecular weight excluding hydrogens is 270 g/mol. The molecule has 0 aliphatic heterocycles. The van der Waals surface area contributed by atoms with Gasteiger partial charge in [-0.3, -0.25) is 0 Å². The third-order valence-corrected chi connectivity index (χ3v) is 3.42. The van der Waals surface area contributed by atoms with Crippen LogP contribution >= 0.6 is 0 Å². The van der Waals surface area contributed by atoms with Crippen LogP contribution in [0.5, 0.6) is 0 Å². The number of hydrogen-bond donors (Lipinski definition) is 1. The van der Waals surface area contributed by atoms with E-state index in [2.05, 4.69) is 5.32 Å². The summed E-state index contributed by atoms with van der Waals surface area (Å²) in [7, 11) is 0. The number of nitrogens with one attached hydrogen (secondary N) is 1. The van der Waals surface area contributed by atoms with E-state index in [1.165, 1.54) is 0 Å².